The van der Waals surface area contributed by atoms with Gasteiger partial charge in [0, 0.05) is 27.0 Å². The first-order valence-electron chi connectivity index (χ1n) is 8.38. The molecule has 2 aromatic carbocycles. The van der Waals surface area contributed by atoms with Gasteiger partial charge in [-0.2, -0.15) is 9.78 Å². The summed E-state index contributed by atoms with van der Waals surface area (Å²) in [6, 6.07) is 7.43. The molecule has 0 aliphatic carbocycles. The van der Waals surface area contributed by atoms with Crippen LogP contribution in [0.3, 0.4) is 0 Å². The van der Waals surface area contributed by atoms with Crippen LogP contribution >= 0.6 is 22.6 Å². The van der Waals surface area contributed by atoms with Crippen molar-refractivity contribution in [2.75, 3.05) is 0 Å². The molecule has 7 nitrogen and oxygen atoms in total. The molecule has 0 aliphatic heterocycles. The summed E-state index contributed by atoms with van der Waals surface area (Å²) in [5, 5.41) is 16.0. The van der Waals surface area contributed by atoms with E-state index in [1.54, 1.807) is 32.9 Å². The van der Waals surface area contributed by atoms with Gasteiger partial charge < -0.3 is 4.74 Å². The van der Waals surface area contributed by atoms with Gasteiger partial charge >= 0.3 is 6.09 Å². The Morgan fingerprint density at radius 2 is 2.04 bits per heavy atom. The second-order valence-electron chi connectivity index (χ2n) is 7.20. The summed E-state index contributed by atoms with van der Waals surface area (Å²) in [5.74, 6) is -0.447. The predicted molar refractivity (Wildman–Crippen MR) is 110 cm³/mol. The molecule has 0 fully saturated rings. The van der Waals surface area contributed by atoms with Crippen LogP contribution in [0, 0.1) is 19.5 Å². The number of fused-ring (bicyclic) bond motifs is 1. The molecule has 0 saturated heterocycles. The fourth-order valence-corrected chi connectivity index (χ4v) is 3.26. The molecule has 1 heterocycles. The zero-order chi connectivity index (χ0) is 20.6. The number of carbonyl (C=O) groups excluding carboxylic acids is 1. The van der Waals surface area contributed by atoms with Crippen LogP contribution in [-0.2, 0) is 11.2 Å². The van der Waals surface area contributed by atoms with Gasteiger partial charge in [-0.1, -0.05) is 6.07 Å². The fourth-order valence-electron chi connectivity index (χ4n) is 2.81. The molecule has 0 N–H and O–H groups in total. The topological polar surface area (TPSA) is 87.3 Å². The van der Waals surface area contributed by atoms with E-state index in [2.05, 4.69) is 5.10 Å². The number of nitro groups is 1. The fraction of sp³-hybridized carbons (Fsp3) is 0.263. The van der Waals surface area contributed by atoms with E-state index in [9.17, 15) is 19.3 Å². The highest BCUT2D eigenvalue weighted by Gasteiger charge is 2.24. The largest absolute Gasteiger partial charge is 0.442 e. The normalized spacial score (nSPS) is 11.6. The molecule has 0 radical (unpaired) electrons. The molecule has 9 heteroatoms. The van der Waals surface area contributed by atoms with Crippen LogP contribution in [0.5, 0.6) is 0 Å². The monoisotopic (exact) mass is 497 g/mol. The van der Waals surface area contributed by atoms with Gasteiger partial charge in [-0.25, -0.2) is 9.18 Å². The molecule has 0 spiro atoms. The van der Waals surface area contributed by atoms with Gasteiger partial charge in [0.1, 0.15) is 11.4 Å². The average Bonchev–Trinajstić information content (AvgIpc) is 3.00. The molecule has 0 bridgehead atoms. The van der Waals surface area contributed by atoms with Crippen LogP contribution in [-0.4, -0.2) is 26.4 Å². The lowest BCUT2D eigenvalue weighted by Crippen LogP contribution is -2.27. The lowest BCUT2D eigenvalue weighted by molar-refractivity contribution is -0.385. The van der Waals surface area contributed by atoms with Crippen LogP contribution in [0.2, 0.25) is 0 Å². The number of nitro benzene ring substituents is 1. The highest BCUT2D eigenvalue weighted by atomic mass is 127. The molecular formula is C19H17FIN3O4. The minimum atomic E-state index is -0.719. The van der Waals surface area contributed by atoms with Crippen LogP contribution in [0.4, 0.5) is 14.9 Å². The molecule has 3 rings (SSSR count). The quantitative estimate of drug-likeness (QED) is 0.287. The molecular weight excluding hydrogens is 480 g/mol. The predicted octanol–water partition coefficient (Wildman–Crippen LogP) is 5.06. The van der Waals surface area contributed by atoms with E-state index < -0.39 is 22.4 Å². The van der Waals surface area contributed by atoms with Gasteiger partial charge in [0.25, 0.3) is 5.69 Å². The zero-order valence-corrected chi connectivity index (χ0v) is 17.6. The second kappa shape index (κ2) is 7.46. The summed E-state index contributed by atoms with van der Waals surface area (Å²) in [7, 11) is 0. The average molecular weight is 497 g/mol. The maximum atomic E-state index is 14.3. The number of carbonyl (C=O) groups is 1. The Morgan fingerprint density at radius 3 is 2.64 bits per heavy atom. The smallest absolute Gasteiger partial charge is 0.435 e. The van der Waals surface area contributed by atoms with Crippen molar-refractivity contribution in [1.82, 2.24) is 9.78 Å². The van der Waals surface area contributed by atoms with Crippen molar-refractivity contribution in [1.29, 1.82) is 0 Å². The molecule has 0 saturated carbocycles. The first-order chi connectivity index (χ1) is 13.1. The Balaban J connectivity index is 2.13. The third kappa shape index (κ3) is 4.13. The minimum absolute atomic E-state index is 0.00355. The summed E-state index contributed by atoms with van der Waals surface area (Å²) in [6.45, 7) is 5.19. The number of hydrogen-bond donors (Lipinski definition) is 0. The van der Waals surface area contributed by atoms with E-state index >= 15 is 0 Å². The van der Waals surface area contributed by atoms with Gasteiger partial charge in [-0.3, -0.25) is 10.1 Å². The molecule has 28 heavy (non-hydrogen) atoms. The summed E-state index contributed by atoms with van der Waals surface area (Å²) in [5.41, 5.74) is 0.0944. The van der Waals surface area contributed by atoms with Gasteiger partial charge in [0.15, 0.2) is 0 Å². The van der Waals surface area contributed by atoms with Crippen LogP contribution in [0.15, 0.2) is 36.5 Å². The lowest BCUT2D eigenvalue weighted by Gasteiger charge is -2.19. The molecule has 0 unspecified atom stereocenters. The Hall–Kier alpha value is -2.56. The summed E-state index contributed by atoms with van der Waals surface area (Å²) >= 11 is 1.99. The maximum Gasteiger partial charge on any atom is 0.435 e. The molecule has 146 valence electrons. The molecule has 0 atom stereocenters. The third-order valence-corrected chi connectivity index (χ3v) is 4.66. The van der Waals surface area contributed by atoms with Crippen molar-refractivity contribution in [3.05, 3.63) is 67.2 Å². The number of halogens is 2. The molecule has 3 aromatic rings. The Labute approximate surface area is 173 Å². The molecule has 0 amide bonds. The van der Waals surface area contributed by atoms with Gasteiger partial charge in [-0.15, -0.1) is 0 Å². The van der Waals surface area contributed by atoms with Crippen LogP contribution < -0.4 is 0 Å². The van der Waals surface area contributed by atoms with E-state index in [4.69, 9.17) is 4.74 Å². The van der Waals surface area contributed by atoms with Crippen molar-refractivity contribution >= 4 is 45.3 Å². The van der Waals surface area contributed by atoms with E-state index in [1.165, 1.54) is 24.4 Å². The van der Waals surface area contributed by atoms with Crippen molar-refractivity contribution < 1.29 is 18.8 Å². The summed E-state index contributed by atoms with van der Waals surface area (Å²) in [6.07, 6.45) is 0.672. The molecule has 0 aliphatic rings. The van der Waals surface area contributed by atoms with Gasteiger partial charge in [0.2, 0.25) is 0 Å². The number of ether oxygens (including phenoxy) is 1. The summed E-state index contributed by atoms with van der Waals surface area (Å²) < 4.78 is 21.4. The second-order valence-corrected chi connectivity index (χ2v) is 8.45. The van der Waals surface area contributed by atoms with Crippen LogP contribution in [0.25, 0.3) is 10.9 Å². The van der Waals surface area contributed by atoms with E-state index in [0.717, 1.165) is 8.25 Å². The standard InChI is InChI=1S/C19H17FIN3O4/c1-19(2,3)28-18(25)23-16-6-7-17(24(26)27)13(14(16)10-22-23)8-11-4-5-12(21)9-15(11)20/h4-7,9-10H,8H2,1-3H3. The van der Waals surface area contributed by atoms with E-state index in [-0.39, 0.29) is 17.7 Å². The highest BCUT2D eigenvalue weighted by Crippen LogP contribution is 2.31. The highest BCUT2D eigenvalue weighted by molar-refractivity contribution is 14.1. The number of hydrogen-bond acceptors (Lipinski definition) is 5. The minimum Gasteiger partial charge on any atom is -0.442 e. The Bertz CT molecular complexity index is 1090. The SMILES string of the molecule is CC(C)(C)OC(=O)n1ncc2c(Cc3ccc(I)cc3F)c([N+](=O)[O-])ccc21. The Kier molecular flexibility index (Phi) is 5.37. The maximum absolute atomic E-state index is 14.3. The Morgan fingerprint density at radius 1 is 1.32 bits per heavy atom. The van der Waals surface area contributed by atoms with Crippen molar-refractivity contribution in [2.45, 2.75) is 32.8 Å². The van der Waals surface area contributed by atoms with Gasteiger partial charge in [-0.05, 0) is 67.1 Å². The first kappa shape index (κ1) is 20.2. The van der Waals surface area contributed by atoms with Gasteiger partial charge in [0.05, 0.1) is 16.6 Å². The first-order valence-corrected chi connectivity index (χ1v) is 9.46. The zero-order valence-electron chi connectivity index (χ0n) is 15.4. The van der Waals surface area contributed by atoms with Crippen molar-refractivity contribution in [3.8, 4) is 0 Å². The lowest BCUT2D eigenvalue weighted by atomic mass is 9.99. The number of rotatable bonds is 3. The van der Waals surface area contributed by atoms with Crippen LogP contribution in [0.1, 0.15) is 31.9 Å². The molecule has 1 aromatic heterocycles. The number of benzene rings is 2. The van der Waals surface area contributed by atoms with Crippen molar-refractivity contribution in [3.63, 3.8) is 0 Å². The van der Waals surface area contributed by atoms with E-state index in [0.29, 0.717) is 16.5 Å². The number of nitrogens with zero attached hydrogens (tertiary/aromatic N) is 3. The third-order valence-electron chi connectivity index (χ3n) is 3.99. The van der Waals surface area contributed by atoms with E-state index in [1.807, 2.05) is 22.6 Å². The summed E-state index contributed by atoms with van der Waals surface area (Å²) in [4.78, 5) is 23.4. The van der Waals surface area contributed by atoms with Crippen molar-refractivity contribution in [2.24, 2.45) is 0 Å². The number of aromatic nitrogens is 2.